The second-order valence-corrected chi connectivity index (χ2v) is 12.1. The van der Waals surface area contributed by atoms with Crippen LogP contribution in [-0.4, -0.2) is 64.6 Å². The highest BCUT2D eigenvalue weighted by molar-refractivity contribution is 7.90. The average Bonchev–Trinajstić information content (AvgIpc) is 3.65. The van der Waals surface area contributed by atoms with Gasteiger partial charge >= 0.3 is 0 Å². The van der Waals surface area contributed by atoms with Crippen molar-refractivity contribution in [2.24, 2.45) is 11.3 Å². The number of hydrogen-bond acceptors (Lipinski definition) is 6. The molecule has 1 aromatic heterocycles. The number of nitrogens with zero attached hydrogens (tertiary/aromatic N) is 3. The van der Waals surface area contributed by atoms with Crippen LogP contribution in [0.1, 0.15) is 36.0 Å². The van der Waals surface area contributed by atoms with Crippen molar-refractivity contribution < 1.29 is 30.8 Å². The molecule has 40 heavy (non-hydrogen) atoms. The van der Waals surface area contributed by atoms with E-state index < -0.39 is 52.3 Å². The summed E-state index contributed by atoms with van der Waals surface area (Å²) in [4.78, 5) is 28.4. The molecule has 2 aliphatic heterocycles. The number of anilines is 3. The molecule has 3 heterocycles. The highest BCUT2D eigenvalue weighted by Crippen LogP contribution is 2.61. The molecular formula is C25H30F4N6O4S. The maximum atomic E-state index is 13.6. The van der Waals surface area contributed by atoms with Crippen LogP contribution in [0.15, 0.2) is 41.3 Å². The van der Waals surface area contributed by atoms with Crippen molar-refractivity contribution in [2.75, 3.05) is 53.2 Å². The lowest BCUT2D eigenvalue weighted by molar-refractivity contribution is -0.0260. The van der Waals surface area contributed by atoms with Gasteiger partial charge in [-0.25, -0.2) is 27.0 Å². The van der Waals surface area contributed by atoms with Crippen LogP contribution in [0.4, 0.5) is 34.6 Å². The maximum Gasteiger partial charge on any atom is 0.298 e. The summed E-state index contributed by atoms with van der Waals surface area (Å²) < 4.78 is 84.2. The van der Waals surface area contributed by atoms with Crippen molar-refractivity contribution in [3.05, 3.63) is 52.4 Å². The fourth-order valence-corrected chi connectivity index (χ4v) is 6.07. The van der Waals surface area contributed by atoms with Gasteiger partial charge < -0.3 is 15.2 Å². The number of aromatic nitrogens is 1. The van der Waals surface area contributed by atoms with Gasteiger partial charge in [0.15, 0.2) is 0 Å². The van der Waals surface area contributed by atoms with E-state index in [0.717, 1.165) is 0 Å². The van der Waals surface area contributed by atoms with E-state index in [4.69, 9.17) is 0 Å². The van der Waals surface area contributed by atoms with Gasteiger partial charge in [0.05, 0.1) is 16.9 Å². The molecule has 1 amide bonds. The summed E-state index contributed by atoms with van der Waals surface area (Å²) in [5, 5.41) is 4.07. The fraction of sp³-hybridized carbons (Fsp3) is 0.520. The monoisotopic (exact) mass is 586 g/mol. The predicted molar refractivity (Wildman–Crippen MR) is 142 cm³/mol. The number of amides is 1. The molecule has 5 rings (SSSR count). The molecule has 0 spiro atoms. The van der Waals surface area contributed by atoms with E-state index in [-0.39, 0.29) is 55.5 Å². The minimum absolute atomic E-state index is 0.0331. The lowest BCUT2D eigenvalue weighted by atomic mass is 9.95. The van der Waals surface area contributed by atoms with Crippen molar-refractivity contribution in [3.8, 4) is 0 Å². The zero-order valence-corrected chi connectivity index (χ0v) is 22.5. The first kappa shape index (κ1) is 28.2. The van der Waals surface area contributed by atoms with E-state index >= 15 is 0 Å². The summed E-state index contributed by atoms with van der Waals surface area (Å²) >= 11 is 0. The molecule has 2 aromatic rings. The van der Waals surface area contributed by atoms with Crippen molar-refractivity contribution in [1.82, 2.24) is 9.40 Å². The molecule has 0 unspecified atom stereocenters. The summed E-state index contributed by atoms with van der Waals surface area (Å²) in [6.07, 6.45) is -1.20. The Morgan fingerprint density at radius 3 is 2.48 bits per heavy atom. The first-order valence-corrected chi connectivity index (χ1v) is 14.4. The van der Waals surface area contributed by atoms with E-state index in [2.05, 4.69) is 14.8 Å². The topological polar surface area (TPSA) is 116 Å². The standard InChI is InChI=1S/C25H30F4N6O4S/c1-30-40(38,39)32-17-4-5-18(20(13-17)33-10-6-24(23(26)27)14-16(24)15-33)21(36)31-19-3-2-9-35(22(19)37)34-11-7-25(28,29)8-12-34/h2-5,9,13,16,23,30,32H,6-8,10-12,14-15H2,1H3,(H,31,36)/t16-,24+/m0/s1. The first-order chi connectivity index (χ1) is 18.8. The fourth-order valence-electron chi connectivity index (χ4n) is 5.53. The van der Waals surface area contributed by atoms with Crippen molar-refractivity contribution in [2.45, 2.75) is 38.0 Å². The molecule has 3 aliphatic rings. The Bertz CT molecular complexity index is 1460. The van der Waals surface area contributed by atoms with Crippen LogP contribution in [0.2, 0.25) is 0 Å². The predicted octanol–water partition coefficient (Wildman–Crippen LogP) is 2.83. The number of rotatable bonds is 8. The van der Waals surface area contributed by atoms with Gasteiger partial charge in [-0.1, -0.05) is 0 Å². The van der Waals surface area contributed by atoms with Crippen LogP contribution in [0.25, 0.3) is 0 Å². The largest absolute Gasteiger partial charge is 0.370 e. The number of halogens is 4. The Labute approximate surface area is 228 Å². The lowest BCUT2D eigenvalue weighted by Gasteiger charge is -2.34. The SMILES string of the molecule is CNS(=O)(=O)Nc1ccc(C(=O)Nc2cccn(N3CCC(F)(F)CC3)c2=O)c(N2CC[C@@]3(C(F)F)C[C@H]3C2)c1. The number of pyridine rings is 1. The molecular weight excluding hydrogens is 556 g/mol. The molecule has 3 fully saturated rings. The highest BCUT2D eigenvalue weighted by Gasteiger charge is 2.62. The quantitative estimate of drug-likeness (QED) is 0.410. The average molecular weight is 587 g/mol. The van der Waals surface area contributed by atoms with Crippen molar-refractivity contribution in [3.63, 3.8) is 0 Å². The van der Waals surface area contributed by atoms with E-state index in [1.165, 1.54) is 53.3 Å². The van der Waals surface area contributed by atoms with Crippen LogP contribution in [0, 0.1) is 11.3 Å². The molecule has 1 aliphatic carbocycles. The van der Waals surface area contributed by atoms with Crippen molar-refractivity contribution >= 4 is 33.2 Å². The second kappa shape index (κ2) is 10.3. The number of carbonyl (C=O) groups excluding carboxylic acids is 1. The number of benzene rings is 1. The third-order valence-corrected chi connectivity index (χ3v) is 9.10. The van der Waals surface area contributed by atoms with Gasteiger partial charge in [0.1, 0.15) is 5.69 Å². The molecule has 0 bridgehead atoms. The van der Waals surface area contributed by atoms with Crippen LogP contribution in [0.5, 0.6) is 0 Å². The zero-order valence-electron chi connectivity index (χ0n) is 21.7. The van der Waals surface area contributed by atoms with Gasteiger partial charge in [-0.05, 0) is 49.1 Å². The van der Waals surface area contributed by atoms with Gasteiger partial charge in [0, 0.05) is 57.7 Å². The third-order valence-electron chi connectivity index (χ3n) is 8.06. The Kier molecular flexibility index (Phi) is 7.23. The van der Waals surface area contributed by atoms with Gasteiger partial charge in [0.2, 0.25) is 6.43 Å². The molecule has 2 saturated heterocycles. The molecule has 2 atom stereocenters. The molecule has 1 aromatic carbocycles. The van der Waals surface area contributed by atoms with Gasteiger partial charge in [-0.3, -0.25) is 14.3 Å². The Morgan fingerprint density at radius 2 is 1.82 bits per heavy atom. The molecule has 1 saturated carbocycles. The Balaban J connectivity index is 1.41. The normalized spacial score (nSPS) is 24.0. The van der Waals surface area contributed by atoms with Gasteiger partial charge in [0.25, 0.3) is 27.6 Å². The summed E-state index contributed by atoms with van der Waals surface area (Å²) in [5.41, 5.74) is -1.08. The number of hydrogen-bond donors (Lipinski definition) is 3. The lowest BCUT2D eigenvalue weighted by Crippen LogP contribution is -2.49. The van der Waals surface area contributed by atoms with Gasteiger partial charge in [-0.15, -0.1) is 0 Å². The van der Waals surface area contributed by atoms with E-state index in [1.54, 1.807) is 4.90 Å². The summed E-state index contributed by atoms with van der Waals surface area (Å²) in [5.74, 6) is -3.72. The number of piperidine rings is 2. The number of fused-ring (bicyclic) bond motifs is 1. The smallest absolute Gasteiger partial charge is 0.298 e. The van der Waals surface area contributed by atoms with E-state index in [1.807, 2.05) is 0 Å². The molecule has 10 nitrogen and oxygen atoms in total. The molecule has 218 valence electrons. The van der Waals surface area contributed by atoms with Crippen LogP contribution in [-0.2, 0) is 10.2 Å². The molecule has 0 radical (unpaired) electrons. The Morgan fingerprint density at radius 1 is 1.10 bits per heavy atom. The number of carbonyl (C=O) groups is 1. The molecule has 15 heteroatoms. The first-order valence-electron chi connectivity index (χ1n) is 12.9. The number of nitrogens with one attached hydrogen (secondary N) is 3. The van der Waals surface area contributed by atoms with Crippen LogP contribution in [0.3, 0.4) is 0 Å². The minimum Gasteiger partial charge on any atom is -0.370 e. The highest BCUT2D eigenvalue weighted by atomic mass is 32.2. The van der Waals surface area contributed by atoms with Crippen LogP contribution >= 0.6 is 0 Å². The number of alkyl halides is 4. The molecule has 3 N–H and O–H groups in total. The summed E-state index contributed by atoms with van der Waals surface area (Å²) in [7, 11) is -2.64. The summed E-state index contributed by atoms with van der Waals surface area (Å²) in [6, 6.07) is 7.15. The second-order valence-electron chi connectivity index (χ2n) is 10.5. The van der Waals surface area contributed by atoms with Crippen molar-refractivity contribution in [1.29, 1.82) is 0 Å². The maximum absolute atomic E-state index is 13.6. The van der Waals surface area contributed by atoms with Crippen LogP contribution < -0.4 is 30.2 Å². The third kappa shape index (κ3) is 5.48. The van der Waals surface area contributed by atoms with E-state index in [0.29, 0.717) is 12.1 Å². The summed E-state index contributed by atoms with van der Waals surface area (Å²) in [6.45, 7) is 0.440. The van der Waals surface area contributed by atoms with E-state index in [9.17, 15) is 35.6 Å². The minimum atomic E-state index is -3.87. The zero-order chi connectivity index (χ0) is 28.9. The van der Waals surface area contributed by atoms with Gasteiger partial charge in [-0.2, -0.15) is 8.42 Å². The Hall–Kier alpha value is -3.33.